The van der Waals surface area contributed by atoms with Gasteiger partial charge in [0.05, 0.1) is 11.8 Å². The molecule has 1 aliphatic heterocycles. The molecule has 7 heteroatoms. The Morgan fingerprint density at radius 3 is 2.90 bits per heavy atom. The zero-order valence-corrected chi connectivity index (χ0v) is 19.9. The van der Waals surface area contributed by atoms with E-state index in [0.29, 0.717) is 28.6 Å². The molecule has 1 fully saturated rings. The molecule has 2 atom stereocenters. The second kappa shape index (κ2) is 8.23. The van der Waals surface area contributed by atoms with Crippen LogP contribution in [-0.4, -0.2) is 33.1 Å². The SMILES string of the molecule is Cc1cc(O)c2nc(Oc3[c-]c(C4=N[C@H]5CCC(C)(C)C[C@@H]5O4)cnc3)ccc2c1.[Pt]. The first-order valence-electron chi connectivity index (χ1n) is 10.3. The number of aryl methyl sites for hydroxylation is 1. The normalized spacial score (nSPS) is 21.6. The minimum atomic E-state index is 0. The number of nitrogens with zero attached hydrogens (tertiary/aromatic N) is 3. The van der Waals surface area contributed by atoms with Crippen molar-refractivity contribution in [3.63, 3.8) is 0 Å². The van der Waals surface area contributed by atoms with E-state index in [1.165, 1.54) is 0 Å². The Balaban J connectivity index is 0.00000231. The predicted octanol–water partition coefficient (Wildman–Crippen LogP) is 4.96. The molecule has 0 bridgehead atoms. The largest absolute Gasteiger partial charge is 0.515 e. The predicted molar refractivity (Wildman–Crippen MR) is 114 cm³/mol. The van der Waals surface area contributed by atoms with E-state index < -0.39 is 0 Å². The zero-order valence-electron chi connectivity index (χ0n) is 17.7. The molecule has 5 rings (SSSR count). The summed E-state index contributed by atoms with van der Waals surface area (Å²) in [4.78, 5) is 13.5. The van der Waals surface area contributed by atoms with Crippen LogP contribution in [0.3, 0.4) is 0 Å². The number of aromatic nitrogens is 2. The van der Waals surface area contributed by atoms with E-state index >= 15 is 0 Å². The monoisotopic (exact) mass is 597 g/mol. The summed E-state index contributed by atoms with van der Waals surface area (Å²) in [6.07, 6.45) is 6.58. The van der Waals surface area contributed by atoms with E-state index in [2.05, 4.69) is 29.9 Å². The average molecular weight is 598 g/mol. The second-order valence-electron chi connectivity index (χ2n) is 8.98. The molecule has 31 heavy (non-hydrogen) atoms. The third kappa shape index (κ3) is 4.45. The molecule has 0 spiro atoms. The molecule has 1 saturated carbocycles. The fourth-order valence-electron chi connectivity index (χ4n) is 4.28. The maximum absolute atomic E-state index is 10.2. The minimum absolute atomic E-state index is 0. The first-order chi connectivity index (χ1) is 14.4. The van der Waals surface area contributed by atoms with Gasteiger partial charge in [0.2, 0.25) is 5.88 Å². The van der Waals surface area contributed by atoms with Gasteiger partial charge in [0.25, 0.3) is 0 Å². The Morgan fingerprint density at radius 1 is 1.23 bits per heavy atom. The Bertz CT molecular complexity index is 1160. The first-order valence-corrected chi connectivity index (χ1v) is 10.3. The quantitative estimate of drug-likeness (QED) is 0.433. The average Bonchev–Trinajstić information content (AvgIpc) is 3.11. The van der Waals surface area contributed by atoms with Gasteiger partial charge in [-0.15, -0.1) is 0 Å². The van der Waals surface area contributed by atoms with Gasteiger partial charge in [-0.1, -0.05) is 31.7 Å². The van der Waals surface area contributed by atoms with Crippen LogP contribution in [0, 0.1) is 18.4 Å². The van der Waals surface area contributed by atoms with Crippen molar-refractivity contribution in [2.75, 3.05) is 0 Å². The number of aliphatic imine (C=N–C) groups is 1. The number of hydrogen-bond donors (Lipinski definition) is 1. The molecule has 1 aromatic carbocycles. The summed E-state index contributed by atoms with van der Waals surface area (Å²) >= 11 is 0. The Labute approximate surface area is 196 Å². The van der Waals surface area contributed by atoms with Gasteiger partial charge in [-0.3, -0.25) is 4.99 Å². The number of aromatic hydroxyl groups is 1. The standard InChI is InChI=1S/C24H24N3O3.Pt/c1-14-8-15-4-5-21(27-22(15)19(28)9-14)29-17-10-16(12-25-13-17)23-26-18-6-7-24(2,3)11-20(18)30-23;/h4-5,8-9,12-13,18,20,28H,6-7,11H2,1-3H3;/q-1;/t18-,20-;/m0./s1. The van der Waals surface area contributed by atoms with E-state index in [9.17, 15) is 5.11 Å². The molecule has 2 aliphatic rings. The van der Waals surface area contributed by atoms with E-state index in [4.69, 9.17) is 14.5 Å². The van der Waals surface area contributed by atoms with Crippen molar-refractivity contribution in [1.82, 2.24) is 9.97 Å². The summed E-state index contributed by atoms with van der Waals surface area (Å²) in [6.45, 7) is 6.49. The third-order valence-corrected chi connectivity index (χ3v) is 5.84. The van der Waals surface area contributed by atoms with Crippen LogP contribution in [0.2, 0.25) is 0 Å². The van der Waals surface area contributed by atoms with Gasteiger partial charge in [0, 0.05) is 32.5 Å². The van der Waals surface area contributed by atoms with Gasteiger partial charge in [0.15, 0.2) is 0 Å². The van der Waals surface area contributed by atoms with E-state index in [-0.39, 0.29) is 44.4 Å². The van der Waals surface area contributed by atoms with Gasteiger partial charge in [-0.2, -0.15) is 0 Å². The summed E-state index contributed by atoms with van der Waals surface area (Å²) in [6, 6.07) is 10.7. The number of phenolic OH excluding ortho intramolecular Hbond substituents is 1. The van der Waals surface area contributed by atoms with Crippen LogP contribution >= 0.6 is 0 Å². The first kappa shape index (κ1) is 21.8. The number of hydrogen-bond acceptors (Lipinski definition) is 6. The molecule has 1 aliphatic carbocycles. The fraction of sp³-hybridized carbons (Fsp3) is 0.375. The molecule has 2 aromatic heterocycles. The fourth-order valence-corrected chi connectivity index (χ4v) is 4.28. The Kier molecular flexibility index (Phi) is 5.78. The number of pyridine rings is 2. The van der Waals surface area contributed by atoms with Crippen LogP contribution in [-0.2, 0) is 25.8 Å². The molecular weight excluding hydrogens is 573 g/mol. The smallest absolute Gasteiger partial charge is 0.217 e. The van der Waals surface area contributed by atoms with Gasteiger partial charge in [-0.05, 0) is 61.6 Å². The molecule has 0 saturated heterocycles. The molecule has 3 heterocycles. The molecule has 164 valence electrons. The van der Waals surface area contributed by atoms with Crippen LogP contribution in [0.4, 0.5) is 0 Å². The number of ether oxygens (including phenoxy) is 2. The van der Waals surface area contributed by atoms with Gasteiger partial charge in [-0.25, -0.2) is 4.98 Å². The summed E-state index contributed by atoms with van der Waals surface area (Å²) in [5, 5.41) is 11.1. The molecule has 1 N–H and O–H groups in total. The number of phenols is 1. The van der Waals surface area contributed by atoms with Gasteiger partial charge < -0.3 is 19.6 Å². The minimum Gasteiger partial charge on any atom is -0.515 e. The van der Waals surface area contributed by atoms with E-state index in [1.54, 1.807) is 24.5 Å². The molecule has 6 nitrogen and oxygen atoms in total. The topological polar surface area (TPSA) is 76.8 Å². The van der Waals surface area contributed by atoms with Crippen LogP contribution in [0.15, 0.2) is 41.7 Å². The molecular formula is C24H24N3O3Pt-. The van der Waals surface area contributed by atoms with Crippen LogP contribution in [0.5, 0.6) is 17.4 Å². The Morgan fingerprint density at radius 2 is 2.06 bits per heavy atom. The Hall–Kier alpha value is -2.46. The number of benzene rings is 1. The maximum Gasteiger partial charge on any atom is 0.217 e. The summed E-state index contributed by atoms with van der Waals surface area (Å²) in [5.74, 6) is 1.50. The van der Waals surface area contributed by atoms with E-state index in [0.717, 1.165) is 30.2 Å². The number of fused-ring (bicyclic) bond motifs is 2. The van der Waals surface area contributed by atoms with Gasteiger partial charge in [0.1, 0.15) is 23.3 Å². The molecule has 0 amide bonds. The van der Waals surface area contributed by atoms with Crippen molar-refractivity contribution >= 4 is 16.8 Å². The van der Waals surface area contributed by atoms with Crippen molar-refractivity contribution in [3.8, 4) is 17.4 Å². The van der Waals surface area contributed by atoms with Crippen LogP contribution < -0.4 is 4.74 Å². The molecule has 0 unspecified atom stereocenters. The van der Waals surface area contributed by atoms with Crippen LogP contribution in [0.25, 0.3) is 10.9 Å². The van der Waals surface area contributed by atoms with Crippen molar-refractivity contribution in [1.29, 1.82) is 0 Å². The zero-order chi connectivity index (χ0) is 20.9. The van der Waals surface area contributed by atoms with Crippen molar-refractivity contribution in [3.05, 3.63) is 53.9 Å². The van der Waals surface area contributed by atoms with Gasteiger partial charge >= 0.3 is 0 Å². The molecule has 0 radical (unpaired) electrons. The van der Waals surface area contributed by atoms with Crippen molar-refractivity contribution in [2.24, 2.45) is 10.4 Å². The summed E-state index contributed by atoms with van der Waals surface area (Å²) in [7, 11) is 0. The van der Waals surface area contributed by atoms with Crippen molar-refractivity contribution < 1.29 is 35.6 Å². The number of rotatable bonds is 3. The summed E-state index contributed by atoms with van der Waals surface area (Å²) < 4.78 is 12.0. The van der Waals surface area contributed by atoms with Crippen LogP contribution in [0.1, 0.15) is 44.2 Å². The maximum atomic E-state index is 10.2. The third-order valence-electron chi connectivity index (χ3n) is 5.84. The van der Waals surface area contributed by atoms with E-state index in [1.807, 2.05) is 19.1 Å². The summed E-state index contributed by atoms with van der Waals surface area (Å²) in [5.41, 5.74) is 2.43. The second-order valence-corrected chi connectivity index (χ2v) is 8.98. The molecule has 3 aromatic rings. The van der Waals surface area contributed by atoms with Crippen molar-refractivity contribution in [2.45, 2.75) is 52.2 Å².